The number of carbonyl (C=O) groups excluding carboxylic acids is 1. The van der Waals surface area contributed by atoms with E-state index in [2.05, 4.69) is 10.1 Å². The van der Waals surface area contributed by atoms with Crippen LogP contribution < -0.4 is 5.32 Å². The SMILES string of the molecule is CC(=O)O.CCNC(=O)OCC. The molecule has 1 amide bonds. The van der Waals surface area contributed by atoms with Crippen molar-refractivity contribution in [1.29, 1.82) is 0 Å². The van der Waals surface area contributed by atoms with Crippen LogP contribution in [0.3, 0.4) is 0 Å². The van der Waals surface area contributed by atoms with Gasteiger partial charge in [0.2, 0.25) is 0 Å². The van der Waals surface area contributed by atoms with E-state index in [0.717, 1.165) is 6.92 Å². The van der Waals surface area contributed by atoms with Crippen molar-refractivity contribution >= 4 is 12.1 Å². The molecular weight excluding hydrogens is 162 g/mol. The summed E-state index contributed by atoms with van der Waals surface area (Å²) in [7, 11) is 0. The molecule has 0 aliphatic rings. The van der Waals surface area contributed by atoms with Gasteiger partial charge in [0.05, 0.1) is 6.61 Å². The Kier molecular flexibility index (Phi) is 10.8. The van der Waals surface area contributed by atoms with Crippen LogP contribution in [0.2, 0.25) is 0 Å². The molecule has 0 saturated heterocycles. The Balaban J connectivity index is 0. The number of nitrogens with one attached hydrogen (secondary N) is 1. The first-order chi connectivity index (χ1) is 5.54. The first kappa shape index (κ1) is 13.3. The maximum absolute atomic E-state index is 10.3. The van der Waals surface area contributed by atoms with Crippen LogP contribution >= 0.6 is 0 Å². The van der Waals surface area contributed by atoms with Crippen molar-refractivity contribution in [2.45, 2.75) is 20.8 Å². The zero-order valence-corrected chi connectivity index (χ0v) is 7.59. The van der Waals surface area contributed by atoms with Crippen molar-refractivity contribution in [1.82, 2.24) is 5.32 Å². The highest BCUT2D eigenvalue weighted by molar-refractivity contribution is 5.66. The van der Waals surface area contributed by atoms with Gasteiger partial charge >= 0.3 is 6.09 Å². The van der Waals surface area contributed by atoms with Crippen molar-refractivity contribution in [3.63, 3.8) is 0 Å². The largest absolute Gasteiger partial charge is 0.481 e. The Bertz CT molecular complexity index is 123. The van der Waals surface area contributed by atoms with Gasteiger partial charge in [-0.25, -0.2) is 4.79 Å². The van der Waals surface area contributed by atoms with E-state index in [0.29, 0.717) is 13.2 Å². The third-order valence-corrected chi connectivity index (χ3v) is 0.597. The molecule has 5 heteroatoms. The molecule has 0 atom stereocenters. The molecule has 0 rings (SSSR count). The molecule has 12 heavy (non-hydrogen) atoms. The summed E-state index contributed by atoms with van der Waals surface area (Å²) >= 11 is 0. The molecule has 0 radical (unpaired) electrons. The molecule has 0 bridgehead atoms. The van der Waals surface area contributed by atoms with Crippen LogP contribution in [0.4, 0.5) is 4.79 Å². The summed E-state index contributed by atoms with van der Waals surface area (Å²) in [5, 5.41) is 9.90. The lowest BCUT2D eigenvalue weighted by Gasteiger charge is -1.99. The highest BCUT2D eigenvalue weighted by atomic mass is 16.5. The number of hydrogen-bond donors (Lipinski definition) is 2. The van der Waals surface area contributed by atoms with Gasteiger partial charge in [0, 0.05) is 13.5 Å². The molecule has 5 nitrogen and oxygen atoms in total. The van der Waals surface area contributed by atoms with E-state index in [1.807, 2.05) is 6.92 Å². The summed E-state index contributed by atoms with van der Waals surface area (Å²) in [6.07, 6.45) is -0.338. The highest BCUT2D eigenvalue weighted by Crippen LogP contribution is 1.72. The number of aliphatic carboxylic acids is 1. The maximum Gasteiger partial charge on any atom is 0.407 e. The quantitative estimate of drug-likeness (QED) is 0.655. The fourth-order valence-corrected chi connectivity index (χ4v) is 0.326. The smallest absolute Gasteiger partial charge is 0.407 e. The number of hydrogen-bond acceptors (Lipinski definition) is 3. The lowest BCUT2D eigenvalue weighted by atomic mass is 10.7. The van der Waals surface area contributed by atoms with Crippen LogP contribution in [0, 0.1) is 0 Å². The van der Waals surface area contributed by atoms with E-state index in [-0.39, 0.29) is 6.09 Å². The van der Waals surface area contributed by atoms with Gasteiger partial charge in [-0.1, -0.05) is 0 Å². The number of amides is 1. The van der Waals surface area contributed by atoms with Gasteiger partial charge in [0.1, 0.15) is 0 Å². The topological polar surface area (TPSA) is 75.6 Å². The van der Waals surface area contributed by atoms with Gasteiger partial charge in [-0.15, -0.1) is 0 Å². The monoisotopic (exact) mass is 177 g/mol. The van der Waals surface area contributed by atoms with Crippen LogP contribution in [-0.4, -0.2) is 30.3 Å². The van der Waals surface area contributed by atoms with E-state index in [9.17, 15) is 4.79 Å². The number of ether oxygens (including phenoxy) is 1. The molecule has 0 heterocycles. The van der Waals surface area contributed by atoms with Gasteiger partial charge in [0.25, 0.3) is 5.97 Å². The van der Waals surface area contributed by atoms with Gasteiger partial charge < -0.3 is 15.2 Å². The van der Waals surface area contributed by atoms with Crippen molar-refractivity contribution in [3.8, 4) is 0 Å². The average Bonchev–Trinajstić information content (AvgIpc) is 1.87. The maximum atomic E-state index is 10.3. The molecule has 0 aliphatic carbocycles. The van der Waals surface area contributed by atoms with Gasteiger partial charge in [0.15, 0.2) is 0 Å². The Morgan fingerprint density at radius 2 is 1.83 bits per heavy atom. The average molecular weight is 177 g/mol. The molecule has 0 fully saturated rings. The van der Waals surface area contributed by atoms with E-state index in [4.69, 9.17) is 9.90 Å². The minimum Gasteiger partial charge on any atom is -0.481 e. The van der Waals surface area contributed by atoms with E-state index < -0.39 is 5.97 Å². The molecule has 0 spiro atoms. The van der Waals surface area contributed by atoms with Gasteiger partial charge in [-0.2, -0.15) is 0 Å². The van der Waals surface area contributed by atoms with Crippen LogP contribution in [0.5, 0.6) is 0 Å². The van der Waals surface area contributed by atoms with Crippen molar-refractivity contribution in [3.05, 3.63) is 0 Å². The van der Waals surface area contributed by atoms with Crippen LogP contribution in [0.1, 0.15) is 20.8 Å². The first-order valence-electron chi connectivity index (χ1n) is 3.64. The van der Waals surface area contributed by atoms with Gasteiger partial charge in [-0.05, 0) is 13.8 Å². The van der Waals surface area contributed by atoms with E-state index >= 15 is 0 Å². The third-order valence-electron chi connectivity index (χ3n) is 0.597. The molecule has 72 valence electrons. The summed E-state index contributed by atoms with van der Waals surface area (Å²) in [6, 6.07) is 0. The van der Waals surface area contributed by atoms with Gasteiger partial charge in [-0.3, -0.25) is 4.79 Å². The normalized spacial score (nSPS) is 7.58. The predicted molar refractivity (Wildman–Crippen MR) is 44.0 cm³/mol. The molecule has 0 aromatic heterocycles. The zero-order valence-electron chi connectivity index (χ0n) is 7.59. The summed E-state index contributed by atoms with van der Waals surface area (Å²) in [5.41, 5.74) is 0. The fourth-order valence-electron chi connectivity index (χ4n) is 0.326. The number of rotatable bonds is 2. The number of carboxylic acid groups (broad SMARTS) is 1. The molecule has 0 aromatic carbocycles. The second-order valence-corrected chi connectivity index (χ2v) is 1.77. The van der Waals surface area contributed by atoms with Crippen LogP contribution in [-0.2, 0) is 9.53 Å². The first-order valence-corrected chi connectivity index (χ1v) is 3.64. The predicted octanol–water partition coefficient (Wildman–Crippen LogP) is 0.843. The second kappa shape index (κ2) is 9.74. The van der Waals surface area contributed by atoms with Crippen molar-refractivity contribution in [2.24, 2.45) is 0 Å². The number of carboxylic acids is 1. The lowest BCUT2D eigenvalue weighted by molar-refractivity contribution is -0.134. The van der Waals surface area contributed by atoms with Crippen molar-refractivity contribution < 1.29 is 19.4 Å². The Morgan fingerprint density at radius 3 is 2.08 bits per heavy atom. The van der Waals surface area contributed by atoms with E-state index in [1.54, 1.807) is 6.92 Å². The number of alkyl carbamates (subject to hydrolysis) is 1. The standard InChI is InChI=1S/C5H11NO2.C2H4O2/c1-3-6-5(7)8-4-2;1-2(3)4/h3-4H2,1-2H3,(H,6,7);1H3,(H,3,4). The fraction of sp³-hybridized carbons (Fsp3) is 0.714. The molecule has 0 aromatic rings. The second-order valence-electron chi connectivity index (χ2n) is 1.77. The molecule has 0 unspecified atom stereocenters. The molecule has 2 N–H and O–H groups in total. The van der Waals surface area contributed by atoms with Crippen LogP contribution in [0.25, 0.3) is 0 Å². The van der Waals surface area contributed by atoms with Crippen molar-refractivity contribution in [2.75, 3.05) is 13.2 Å². The van der Waals surface area contributed by atoms with Crippen LogP contribution in [0.15, 0.2) is 0 Å². The highest BCUT2D eigenvalue weighted by Gasteiger charge is 1.92. The minimum absolute atomic E-state index is 0.338. The Hall–Kier alpha value is -1.26. The molecule has 0 saturated carbocycles. The zero-order chi connectivity index (χ0) is 9.98. The molecular formula is C7H15NO4. The number of carbonyl (C=O) groups is 2. The summed E-state index contributed by atoms with van der Waals surface area (Å²) in [5.74, 6) is -0.833. The lowest BCUT2D eigenvalue weighted by Crippen LogP contribution is -2.23. The third kappa shape index (κ3) is 23.3. The minimum atomic E-state index is -0.833. The Labute approximate surface area is 71.7 Å². The van der Waals surface area contributed by atoms with E-state index in [1.165, 1.54) is 0 Å². The summed E-state index contributed by atoms with van der Waals surface area (Å²) in [6.45, 7) is 5.76. The molecule has 0 aliphatic heterocycles. The Morgan fingerprint density at radius 1 is 1.42 bits per heavy atom. The summed E-state index contributed by atoms with van der Waals surface area (Å²) < 4.78 is 4.53. The summed E-state index contributed by atoms with van der Waals surface area (Å²) in [4.78, 5) is 19.3.